The van der Waals surface area contributed by atoms with Crippen LogP contribution in [0.5, 0.6) is 0 Å². The molecule has 6 N–H and O–H groups in total. The van der Waals surface area contributed by atoms with Crippen LogP contribution in [0, 0.1) is 0 Å². The topological polar surface area (TPSA) is 261 Å². The molecule has 2 aliphatic heterocycles. The van der Waals surface area contributed by atoms with Crippen LogP contribution >= 0.6 is 56.1 Å². The van der Waals surface area contributed by atoms with E-state index in [9.17, 15) is 37.6 Å². The fourth-order valence-corrected chi connectivity index (χ4v) is 9.33. The van der Waals surface area contributed by atoms with Gasteiger partial charge in [0.05, 0.1) is 13.2 Å². The average molecular weight is 895 g/mol. The SMILES string of the molecule is CCSCCCCCCCC(CCC(=O)O[PH](=O)O)[PH](=O)O.CCSCCCCCCCC(CCC(=O)O[PH](=O)O)[PH](=O)O.O[C@@H]1CO[C@H]2[C@@H]1OC[C@@H]2O. The van der Waals surface area contributed by atoms with Gasteiger partial charge in [-0.3, -0.25) is 18.7 Å². The van der Waals surface area contributed by atoms with Crippen molar-refractivity contribution in [3.05, 3.63) is 0 Å². The third-order valence-electron chi connectivity index (χ3n) is 8.59. The van der Waals surface area contributed by atoms with Gasteiger partial charge in [-0.15, -0.1) is 0 Å². The smallest absolute Gasteiger partial charge is 0.367 e. The van der Waals surface area contributed by atoms with Crippen LogP contribution in [0.2, 0.25) is 0 Å². The number of unbranched alkanes of at least 4 members (excludes halogenated alkanes) is 8. The minimum Gasteiger partial charge on any atom is -0.394 e. The molecule has 0 amide bonds. The van der Waals surface area contributed by atoms with Crippen LogP contribution in [0.25, 0.3) is 0 Å². The van der Waals surface area contributed by atoms with Crippen LogP contribution in [0.4, 0.5) is 0 Å². The minimum atomic E-state index is -3.27. The third-order valence-corrected chi connectivity index (χ3v) is 13.9. The van der Waals surface area contributed by atoms with Gasteiger partial charge in [-0.25, -0.2) is 9.13 Å². The molecule has 54 heavy (non-hydrogen) atoms. The van der Waals surface area contributed by atoms with E-state index in [1.807, 2.05) is 23.5 Å². The lowest BCUT2D eigenvalue weighted by atomic mass is 10.1. The number of ether oxygens (including phenoxy) is 2. The zero-order valence-electron chi connectivity index (χ0n) is 31.6. The highest BCUT2D eigenvalue weighted by atomic mass is 32.2. The number of fused-ring (bicyclic) bond motifs is 1. The first-order chi connectivity index (χ1) is 25.7. The van der Waals surface area contributed by atoms with Gasteiger partial charge in [-0.2, -0.15) is 23.5 Å². The Bertz CT molecular complexity index is 1010. The molecule has 10 atom stereocenters. The van der Waals surface area contributed by atoms with E-state index in [0.717, 1.165) is 50.0 Å². The Morgan fingerprint density at radius 1 is 0.593 bits per heavy atom. The molecule has 0 aromatic carbocycles. The van der Waals surface area contributed by atoms with Crippen LogP contribution in [-0.4, -0.2) is 114 Å². The lowest BCUT2D eigenvalue weighted by Gasteiger charge is -2.12. The van der Waals surface area contributed by atoms with Crippen LogP contribution < -0.4 is 0 Å². The molecule has 2 heterocycles. The predicted molar refractivity (Wildman–Crippen MR) is 216 cm³/mol. The second-order valence-electron chi connectivity index (χ2n) is 12.9. The van der Waals surface area contributed by atoms with Crippen LogP contribution in [-0.2, 0) is 46.4 Å². The fourth-order valence-electron chi connectivity index (χ4n) is 5.66. The minimum absolute atomic E-state index is 0.0904. The van der Waals surface area contributed by atoms with Crippen molar-refractivity contribution in [2.75, 3.05) is 36.2 Å². The van der Waals surface area contributed by atoms with E-state index in [2.05, 4.69) is 22.9 Å². The van der Waals surface area contributed by atoms with Crippen molar-refractivity contribution in [1.82, 2.24) is 0 Å². The highest BCUT2D eigenvalue weighted by Crippen LogP contribution is 2.33. The van der Waals surface area contributed by atoms with E-state index in [1.54, 1.807) is 0 Å². The Morgan fingerprint density at radius 3 is 1.24 bits per heavy atom. The summed E-state index contributed by atoms with van der Waals surface area (Å²) in [5, 5.41) is 18.3. The quantitative estimate of drug-likeness (QED) is 0.0404. The van der Waals surface area contributed by atoms with Gasteiger partial charge in [0, 0.05) is 24.2 Å². The van der Waals surface area contributed by atoms with E-state index in [4.69, 9.17) is 29.5 Å². The normalized spacial score (nSPS) is 22.3. The van der Waals surface area contributed by atoms with Crippen LogP contribution in [0.1, 0.15) is 117 Å². The lowest BCUT2D eigenvalue weighted by molar-refractivity contribution is -0.135. The Hall–Kier alpha value is 0.240. The number of aliphatic hydroxyl groups is 2. The Balaban J connectivity index is 0.000000828. The first-order valence-corrected chi connectivity index (χ1v) is 26.5. The summed E-state index contributed by atoms with van der Waals surface area (Å²) in [6.45, 7) is 4.87. The highest BCUT2D eigenvalue weighted by Gasteiger charge is 2.46. The second-order valence-corrected chi connectivity index (χ2v) is 20.1. The van der Waals surface area contributed by atoms with Gasteiger partial charge >= 0.3 is 28.4 Å². The van der Waals surface area contributed by atoms with Crippen molar-refractivity contribution in [1.29, 1.82) is 0 Å². The molecule has 2 fully saturated rings. The molecule has 2 aliphatic rings. The van der Waals surface area contributed by atoms with Crippen molar-refractivity contribution in [3.63, 3.8) is 0 Å². The Kier molecular flexibility index (Phi) is 35.4. The number of hydrogen-bond acceptors (Lipinski definition) is 14. The summed E-state index contributed by atoms with van der Waals surface area (Å²) in [5.74, 6) is 3.13. The first-order valence-electron chi connectivity index (χ1n) is 18.8. The maximum atomic E-state index is 11.3. The van der Waals surface area contributed by atoms with Crippen molar-refractivity contribution < 1.29 is 76.2 Å². The molecule has 0 aliphatic carbocycles. The average Bonchev–Trinajstić information content (AvgIpc) is 3.67. The molecular weight excluding hydrogens is 828 g/mol. The summed E-state index contributed by atoms with van der Waals surface area (Å²) < 4.78 is 61.8. The lowest BCUT2D eigenvalue weighted by Crippen LogP contribution is -2.30. The number of carbonyl (C=O) groups is 2. The second kappa shape index (κ2) is 35.2. The molecule has 0 aromatic rings. The number of carbonyl (C=O) groups excluding carboxylic acids is 2. The van der Waals surface area contributed by atoms with Gasteiger partial charge in [-0.05, 0) is 61.5 Å². The molecule has 2 rings (SSSR count). The molecule has 0 radical (unpaired) electrons. The molecule has 22 heteroatoms. The monoisotopic (exact) mass is 894 g/mol. The van der Waals surface area contributed by atoms with E-state index < -0.39 is 68.0 Å². The summed E-state index contributed by atoms with van der Waals surface area (Å²) in [7, 11) is -11.9. The van der Waals surface area contributed by atoms with Crippen molar-refractivity contribution in [2.24, 2.45) is 0 Å². The van der Waals surface area contributed by atoms with Gasteiger partial charge in [0.1, 0.15) is 24.4 Å². The Labute approximate surface area is 331 Å². The zero-order valence-corrected chi connectivity index (χ0v) is 37.2. The van der Waals surface area contributed by atoms with Gasteiger partial charge in [0.15, 0.2) is 16.1 Å². The molecule has 0 spiro atoms. The summed E-state index contributed by atoms with van der Waals surface area (Å²) in [6, 6.07) is 0. The molecule has 322 valence electrons. The summed E-state index contributed by atoms with van der Waals surface area (Å²) in [5.41, 5.74) is -0.816. The van der Waals surface area contributed by atoms with Gasteiger partial charge in [0.2, 0.25) is 0 Å². The van der Waals surface area contributed by atoms with E-state index in [1.165, 1.54) is 37.2 Å². The van der Waals surface area contributed by atoms with E-state index >= 15 is 0 Å². The van der Waals surface area contributed by atoms with Crippen molar-refractivity contribution in [3.8, 4) is 0 Å². The van der Waals surface area contributed by atoms with Crippen LogP contribution in [0.3, 0.4) is 0 Å². The number of rotatable bonds is 28. The highest BCUT2D eigenvalue weighted by molar-refractivity contribution is 7.99. The molecule has 16 nitrogen and oxygen atoms in total. The van der Waals surface area contributed by atoms with E-state index in [-0.39, 0.29) is 51.1 Å². The summed E-state index contributed by atoms with van der Waals surface area (Å²) in [6.07, 6.45) is 10.6. The maximum absolute atomic E-state index is 11.3. The number of thioether (sulfide) groups is 2. The molecule has 6 unspecified atom stereocenters. The standard InChI is InChI=1S/2C13H28O6P2S.C6H10O4/c2*1-2-22-11-7-5-3-4-6-8-12(20(15)16)9-10-13(14)19-21(17)18;7-3-1-9-6-4(8)2-10-5(3)6/h2*12,20-21H,2-11H2,1H3,(H,15,16)(H,17,18);3-8H,1-2H2/t;;3-,4+,5-,6-/m..1/s1. The molecule has 0 bridgehead atoms. The largest absolute Gasteiger partial charge is 0.394 e. The van der Waals surface area contributed by atoms with Crippen molar-refractivity contribution in [2.45, 2.75) is 152 Å². The van der Waals surface area contributed by atoms with Gasteiger partial charge in [-0.1, -0.05) is 65.2 Å². The summed E-state index contributed by atoms with van der Waals surface area (Å²) in [4.78, 5) is 57.8. The maximum Gasteiger partial charge on any atom is 0.367 e. The van der Waals surface area contributed by atoms with Crippen molar-refractivity contribution >= 4 is 68.0 Å². The number of aliphatic hydroxyl groups excluding tert-OH is 2. The van der Waals surface area contributed by atoms with Gasteiger partial charge < -0.3 is 48.3 Å². The Morgan fingerprint density at radius 2 is 0.926 bits per heavy atom. The van der Waals surface area contributed by atoms with Crippen LogP contribution in [0.15, 0.2) is 0 Å². The molecule has 2 saturated heterocycles. The third kappa shape index (κ3) is 29.5. The molecule has 0 saturated carbocycles. The molecule has 0 aromatic heterocycles. The summed E-state index contributed by atoms with van der Waals surface area (Å²) >= 11 is 3.88. The number of hydrogen-bond donors (Lipinski definition) is 6. The first kappa shape index (κ1) is 54.2. The fraction of sp³-hybridized carbons (Fsp3) is 0.938. The molecular formula is C32H66O16P4S2. The van der Waals surface area contributed by atoms with E-state index in [0.29, 0.717) is 12.8 Å². The zero-order chi connectivity index (χ0) is 40.7. The predicted octanol–water partition coefficient (Wildman–Crippen LogP) is 5.75. The van der Waals surface area contributed by atoms with Gasteiger partial charge in [0.25, 0.3) is 0 Å².